The first-order valence-corrected chi connectivity index (χ1v) is 7.96. The summed E-state index contributed by atoms with van der Waals surface area (Å²) in [6, 6.07) is 0. The molecule has 1 aliphatic rings. The SMILES string of the molecule is COCCN(C)CC1(CNCC(C)C)CCCCC1. The highest BCUT2D eigenvalue weighted by Gasteiger charge is 2.32. The Hall–Kier alpha value is -0.120. The molecule has 1 fully saturated rings. The summed E-state index contributed by atoms with van der Waals surface area (Å²) >= 11 is 0. The number of ether oxygens (including phenoxy) is 1. The molecule has 1 rings (SSSR count). The molecule has 3 heteroatoms. The molecule has 19 heavy (non-hydrogen) atoms. The van der Waals surface area contributed by atoms with Crippen LogP contribution < -0.4 is 5.32 Å². The quantitative estimate of drug-likeness (QED) is 0.697. The van der Waals surface area contributed by atoms with E-state index in [0.717, 1.165) is 25.6 Å². The van der Waals surface area contributed by atoms with Gasteiger partial charge in [0.05, 0.1) is 6.61 Å². The van der Waals surface area contributed by atoms with Crippen molar-refractivity contribution in [2.24, 2.45) is 11.3 Å². The number of hydrogen-bond acceptors (Lipinski definition) is 3. The number of methoxy groups -OCH3 is 1. The Balaban J connectivity index is 2.44. The van der Waals surface area contributed by atoms with Crippen LogP contribution in [0.3, 0.4) is 0 Å². The van der Waals surface area contributed by atoms with E-state index >= 15 is 0 Å². The van der Waals surface area contributed by atoms with Crippen LogP contribution in [-0.4, -0.2) is 51.8 Å². The van der Waals surface area contributed by atoms with Crippen LogP contribution >= 0.6 is 0 Å². The van der Waals surface area contributed by atoms with Crippen LogP contribution in [0, 0.1) is 11.3 Å². The van der Waals surface area contributed by atoms with Gasteiger partial charge in [0.25, 0.3) is 0 Å². The second-order valence-corrected chi connectivity index (χ2v) is 6.82. The highest BCUT2D eigenvalue weighted by Crippen LogP contribution is 2.36. The molecule has 0 bridgehead atoms. The van der Waals surface area contributed by atoms with E-state index in [0.29, 0.717) is 5.41 Å². The van der Waals surface area contributed by atoms with Gasteiger partial charge in [0.2, 0.25) is 0 Å². The summed E-state index contributed by atoms with van der Waals surface area (Å²) in [4.78, 5) is 2.45. The maximum Gasteiger partial charge on any atom is 0.0589 e. The van der Waals surface area contributed by atoms with Crippen LogP contribution in [0.4, 0.5) is 0 Å². The summed E-state index contributed by atoms with van der Waals surface area (Å²) < 4.78 is 5.19. The molecule has 0 atom stereocenters. The normalized spacial score (nSPS) is 19.3. The van der Waals surface area contributed by atoms with Crippen LogP contribution in [-0.2, 0) is 4.74 Å². The zero-order chi connectivity index (χ0) is 14.1. The minimum Gasteiger partial charge on any atom is -0.383 e. The van der Waals surface area contributed by atoms with Crippen LogP contribution in [0.25, 0.3) is 0 Å². The van der Waals surface area contributed by atoms with Gasteiger partial charge in [0, 0.05) is 26.7 Å². The Bertz CT molecular complexity index is 225. The first-order chi connectivity index (χ1) is 9.08. The molecule has 0 saturated heterocycles. The van der Waals surface area contributed by atoms with Gasteiger partial charge in [-0.2, -0.15) is 0 Å². The van der Waals surface area contributed by atoms with Crippen LogP contribution in [0.1, 0.15) is 46.0 Å². The lowest BCUT2D eigenvalue weighted by molar-refractivity contribution is 0.0935. The van der Waals surface area contributed by atoms with E-state index in [9.17, 15) is 0 Å². The third-order valence-electron chi connectivity index (χ3n) is 4.25. The lowest BCUT2D eigenvalue weighted by Gasteiger charge is -2.40. The van der Waals surface area contributed by atoms with Crippen molar-refractivity contribution in [3.63, 3.8) is 0 Å². The van der Waals surface area contributed by atoms with E-state index in [2.05, 4.69) is 31.1 Å². The Morgan fingerprint density at radius 1 is 1.21 bits per heavy atom. The molecule has 0 aromatic rings. The van der Waals surface area contributed by atoms with Crippen molar-refractivity contribution in [1.82, 2.24) is 10.2 Å². The highest BCUT2D eigenvalue weighted by atomic mass is 16.5. The predicted octanol–water partition coefficient (Wildman–Crippen LogP) is 2.76. The molecule has 1 N–H and O–H groups in total. The van der Waals surface area contributed by atoms with Gasteiger partial charge in [-0.15, -0.1) is 0 Å². The molecule has 0 heterocycles. The topological polar surface area (TPSA) is 24.5 Å². The first kappa shape index (κ1) is 16.9. The molecule has 0 aromatic carbocycles. The summed E-state index contributed by atoms with van der Waals surface area (Å²) in [6.45, 7) is 9.98. The maximum absolute atomic E-state index is 5.19. The molecule has 0 aliphatic heterocycles. The van der Waals surface area contributed by atoms with Gasteiger partial charge in [-0.05, 0) is 37.8 Å². The van der Waals surface area contributed by atoms with Crippen LogP contribution in [0.15, 0.2) is 0 Å². The van der Waals surface area contributed by atoms with Crippen LogP contribution in [0.2, 0.25) is 0 Å². The summed E-state index contributed by atoms with van der Waals surface area (Å²) in [5.74, 6) is 0.742. The van der Waals surface area contributed by atoms with E-state index in [-0.39, 0.29) is 0 Å². The molecular weight excluding hydrogens is 236 g/mol. The van der Waals surface area contributed by atoms with Crippen molar-refractivity contribution < 1.29 is 4.74 Å². The van der Waals surface area contributed by atoms with Gasteiger partial charge >= 0.3 is 0 Å². The minimum absolute atomic E-state index is 0.496. The highest BCUT2D eigenvalue weighted by molar-refractivity contribution is 4.87. The van der Waals surface area contributed by atoms with Crippen LogP contribution in [0.5, 0.6) is 0 Å². The second kappa shape index (κ2) is 8.93. The lowest BCUT2D eigenvalue weighted by Crippen LogP contribution is -2.45. The first-order valence-electron chi connectivity index (χ1n) is 7.96. The average molecular weight is 270 g/mol. The van der Waals surface area contributed by atoms with Crippen molar-refractivity contribution in [1.29, 1.82) is 0 Å². The largest absolute Gasteiger partial charge is 0.383 e. The Labute approximate surface area is 120 Å². The maximum atomic E-state index is 5.19. The van der Waals surface area contributed by atoms with Crippen molar-refractivity contribution in [3.05, 3.63) is 0 Å². The van der Waals surface area contributed by atoms with Gasteiger partial charge in [-0.3, -0.25) is 0 Å². The third-order valence-corrected chi connectivity index (χ3v) is 4.25. The standard InChI is InChI=1S/C16H34N2O/c1-15(2)12-17-13-16(8-6-5-7-9-16)14-18(3)10-11-19-4/h15,17H,5-14H2,1-4H3. The van der Waals surface area contributed by atoms with Crippen molar-refractivity contribution in [3.8, 4) is 0 Å². The molecule has 0 aromatic heterocycles. The monoisotopic (exact) mass is 270 g/mol. The number of nitrogens with one attached hydrogen (secondary N) is 1. The lowest BCUT2D eigenvalue weighted by atomic mass is 9.73. The average Bonchev–Trinajstić information content (AvgIpc) is 2.37. The molecule has 0 radical (unpaired) electrons. The second-order valence-electron chi connectivity index (χ2n) is 6.82. The summed E-state index contributed by atoms with van der Waals surface area (Å²) in [6.07, 6.45) is 7.00. The smallest absolute Gasteiger partial charge is 0.0589 e. The molecular formula is C16H34N2O. The van der Waals surface area contributed by atoms with E-state index in [1.165, 1.54) is 45.2 Å². The fraction of sp³-hybridized carbons (Fsp3) is 1.00. The van der Waals surface area contributed by atoms with Gasteiger partial charge in [-0.1, -0.05) is 33.1 Å². The van der Waals surface area contributed by atoms with Gasteiger partial charge in [0.15, 0.2) is 0 Å². The van der Waals surface area contributed by atoms with Gasteiger partial charge in [0.1, 0.15) is 0 Å². The minimum atomic E-state index is 0.496. The molecule has 3 nitrogen and oxygen atoms in total. The third kappa shape index (κ3) is 6.73. The van der Waals surface area contributed by atoms with E-state index in [4.69, 9.17) is 4.74 Å². The Kier molecular flexibility index (Phi) is 7.96. The summed E-state index contributed by atoms with van der Waals surface area (Å²) in [7, 11) is 4.02. The van der Waals surface area contributed by atoms with Gasteiger partial charge < -0.3 is 15.0 Å². The molecule has 0 spiro atoms. The predicted molar refractivity (Wildman–Crippen MR) is 82.6 cm³/mol. The number of rotatable bonds is 9. The zero-order valence-corrected chi connectivity index (χ0v) is 13.5. The Morgan fingerprint density at radius 3 is 2.47 bits per heavy atom. The molecule has 1 saturated carbocycles. The van der Waals surface area contributed by atoms with E-state index in [1.54, 1.807) is 7.11 Å². The van der Waals surface area contributed by atoms with Crippen molar-refractivity contribution in [2.45, 2.75) is 46.0 Å². The van der Waals surface area contributed by atoms with Crippen molar-refractivity contribution in [2.75, 3.05) is 46.9 Å². The fourth-order valence-corrected chi connectivity index (χ4v) is 3.22. The molecule has 1 aliphatic carbocycles. The number of likely N-dealkylation sites (N-methyl/N-ethyl adjacent to an activating group) is 1. The summed E-state index contributed by atoms with van der Waals surface area (Å²) in [5.41, 5.74) is 0.496. The molecule has 114 valence electrons. The molecule has 0 unspecified atom stereocenters. The van der Waals surface area contributed by atoms with Gasteiger partial charge in [-0.25, -0.2) is 0 Å². The van der Waals surface area contributed by atoms with E-state index in [1.807, 2.05) is 0 Å². The van der Waals surface area contributed by atoms with Crippen molar-refractivity contribution >= 4 is 0 Å². The number of nitrogens with zero attached hydrogens (tertiary/aromatic N) is 1. The number of hydrogen-bond donors (Lipinski definition) is 1. The summed E-state index contributed by atoms with van der Waals surface area (Å²) in [5, 5.41) is 3.70. The molecule has 0 amide bonds. The fourth-order valence-electron chi connectivity index (χ4n) is 3.22. The Morgan fingerprint density at radius 2 is 1.89 bits per heavy atom. The zero-order valence-electron chi connectivity index (χ0n) is 13.5. The van der Waals surface area contributed by atoms with E-state index < -0.39 is 0 Å².